The van der Waals surface area contributed by atoms with Gasteiger partial charge in [-0.05, 0) is 54.8 Å². The molecule has 44 heavy (non-hydrogen) atoms. The number of nitrogens with zero attached hydrogens (tertiary/aromatic N) is 6. The van der Waals surface area contributed by atoms with Crippen LogP contribution in [0, 0.1) is 18.3 Å². The van der Waals surface area contributed by atoms with Crippen LogP contribution in [0.1, 0.15) is 29.7 Å². The van der Waals surface area contributed by atoms with Crippen molar-refractivity contribution in [3.63, 3.8) is 0 Å². The van der Waals surface area contributed by atoms with E-state index in [2.05, 4.69) is 38.1 Å². The van der Waals surface area contributed by atoms with Gasteiger partial charge >= 0.3 is 12.4 Å². The molecule has 0 aliphatic rings. The number of nitriles is 1. The molecule has 3 aromatic carbocycles. The quantitative estimate of drug-likeness (QED) is 0.215. The third kappa shape index (κ3) is 7.04. The van der Waals surface area contributed by atoms with Gasteiger partial charge in [-0.15, -0.1) is 29.6 Å². The highest BCUT2D eigenvalue weighted by atomic mass is 32.1. The summed E-state index contributed by atoms with van der Waals surface area (Å²) in [7, 11) is 0. The summed E-state index contributed by atoms with van der Waals surface area (Å²) in [6, 6.07) is 21.9. The molecule has 13 heteroatoms. The molecule has 1 atom stereocenters. The van der Waals surface area contributed by atoms with Gasteiger partial charge in [0.2, 0.25) is 0 Å². The first kappa shape index (κ1) is 30.2. The number of urea groups is 1. The van der Waals surface area contributed by atoms with E-state index in [9.17, 15) is 23.2 Å². The molecule has 1 N–H and O–H groups in total. The van der Waals surface area contributed by atoms with E-state index in [4.69, 9.17) is 0 Å². The first-order chi connectivity index (χ1) is 21.1. The topological polar surface area (TPSA) is 110 Å². The predicted octanol–water partition coefficient (Wildman–Crippen LogP) is 6.47. The van der Waals surface area contributed by atoms with Crippen molar-refractivity contribution in [1.82, 2.24) is 24.6 Å². The number of alkyl halides is 3. The number of aryl methyl sites for hydroxylation is 2. The van der Waals surface area contributed by atoms with Gasteiger partial charge in [0, 0.05) is 23.2 Å². The number of thiazole rings is 1. The lowest BCUT2D eigenvalue weighted by Crippen LogP contribution is -2.28. The van der Waals surface area contributed by atoms with Crippen LogP contribution < -0.4 is 14.9 Å². The van der Waals surface area contributed by atoms with Crippen LogP contribution >= 0.6 is 11.3 Å². The van der Waals surface area contributed by atoms with E-state index in [0.29, 0.717) is 27.4 Å². The molecule has 1 unspecified atom stereocenters. The molecule has 0 saturated heterocycles. The van der Waals surface area contributed by atoms with Gasteiger partial charge in [-0.25, -0.2) is 14.5 Å². The van der Waals surface area contributed by atoms with E-state index in [1.165, 1.54) is 46.6 Å². The number of para-hydroxylation sites is 1. The van der Waals surface area contributed by atoms with E-state index in [0.717, 1.165) is 23.4 Å². The number of halogens is 3. The molecule has 0 aliphatic heterocycles. The third-order valence-corrected chi connectivity index (χ3v) is 7.64. The monoisotopic (exact) mass is 617 g/mol. The number of amides is 2. The lowest BCUT2D eigenvalue weighted by molar-refractivity contribution is -0.274. The number of ether oxygens (including phenoxy) is 1. The zero-order chi connectivity index (χ0) is 31.3. The Morgan fingerprint density at radius 1 is 1.11 bits per heavy atom. The molecule has 0 radical (unpaired) electrons. The summed E-state index contributed by atoms with van der Waals surface area (Å²) in [6.45, 7) is 4.10. The highest BCUT2D eigenvalue weighted by molar-refractivity contribution is 7.07. The Kier molecular flexibility index (Phi) is 8.91. The highest BCUT2D eigenvalue weighted by Crippen LogP contribution is 2.25. The summed E-state index contributed by atoms with van der Waals surface area (Å²) in [5, 5.41) is 18.9. The second-order valence-electron chi connectivity index (χ2n) is 9.63. The first-order valence-electron chi connectivity index (χ1n) is 13.5. The van der Waals surface area contributed by atoms with Gasteiger partial charge in [-0.1, -0.05) is 49.4 Å². The smallest absolute Gasteiger partial charge is 0.406 e. The molecule has 2 amide bonds. The van der Waals surface area contributed by atoms with Gasteiger partial charge in [0.15, 0.2) is 10.6 Å². The van der Waals surface area contributed by atoms with Crippen molar-refractivity contribution < 1.29 is 22.7 Å². The van der Waals surface area contributed by atoms with Gasteiger partial charge < -0.3 is 10.1 Å². The average molecular weight is 618 g/mol. The van der Waals surface area contributed by atoms with Crippen LogP contribution in [0.5, 0.6) is 5.75 Å². The fraction of sp³-hybridized carbons (Fsp3) is 0.194. The SMILES string of the molecule is CCc1ccccc1-n1c(C)csc1=NC(=O)NCC(C#N)c1ccc(-c2ncn(-c3ccc(OC(F)(F)F)cc3)n2)cc1. The van der Waals surface area contributed by atoms with Crippen molar-refractivity contribution in [1.29, 1.82) is 5.26 Å². The number of carbonyl (C=O) groups is 1. The zero-order valence-electron chi connectivity index (χ0n) is 23.6. The van der Waals surface area contributed by atoms with Crippen molar-refractivity contribution >= 4 is 17.4 Å². The maximum absolute atomic E-state index is 12.8. The summed E-state index contributed by atoms with van der Waals surface area (Å²) in [5.41, 5.74) is 4.94. The number of benzene rings is 3. The van der Waals surface area contributed by atoms with Crippen molar-refractivity contribution in [2.75, 3.05) is 6.54 Å². The maximum atomic E-state index is 12.8. The first-order valence-corrected chi connectivity index (χ1v) is 14.4. The largest absolute Gasteiger partial charge is 0.573 e. The number of rotatable bonds is 8. The van der Waals surface area contributed by atoms with Crippen molar-refractivity contribution in [3.8, 4) is 34.6 Å². The Labute approximate surface area is 254 Å². The molecule has 0 aliphatic carbocycles. The standard InChI is InChI=1S/C31H26F3N7O2S/c1-3-21-6-4-5-7-27(21)41-20(2)18-44-30(41)38-29(42)36-17-24(16-35)22-8-10-23(11-9-22)28-37-19-40(39-28)25-12-14-26(15-13-25)43-31(32,33)34/h4-15,18-19,24H,3,17H2,1-2H3,(H,36,42). The van der Waals surface area contributed by atoms with Crippen LogP contribution in [-0.2, 0) is 6.42 Å². The predicted molar refractivity (Wildman–Crippen MR) is 159 cm³/mol. The summed E-state index contributed by atoms with van der Waals surface area (Å²) in [4.78, 5) is 21.9. The Morgan fingerprint density at radius 3 is 2.52 bits per heavy atom. The second kappa shape index (κ2) is 13.0. The van der Waals surface area contributed by atoms with Crippen LogP contribution in [0.25, 0.3) is 22.8 Å². The third-order valence-electron chi connectivity index (χ3n) is 6.70. The number of nitrogens with one attached hydrogen (secondary N) is 1. The Morgan fingerprint density at radius 2 is 1.84 bits per heavy atom. The minimum Gasteiger partial charge on any atom is -0.406 e. The molecule has 0 bridgehead atoms. The molecule has 0 saturated carbocycles. The van der Waals surface area contributed by atoms with Crippen molar-refractivity contribution in [2.45, 2.75) is 32.5 Å². The molecular formula is C31H26F3N7O2S. The van der Waals surface area contributed by atoms with E-state index >= 15 is 0 Å². The van der Waals surface area contributed by atoms with Gasteiger partial charge in [0.1, 0.15) is 12.1 Å². The molecule has 0 spiro atoms. The van der Waals surface area contributed by atoms with Crippen LogP contribution in [0.4, 0.5) is 18.0 Å². The van der Waals surface area contributed by atoms with Gasteiger partial charge in [0.25, 0.3) is 0 Å². The van der Waals surface area contributed by atoms with Crippen LogP contribution in [0.3, 0.4) is 0 Å². The Bertz CT molecular complexity index is 1870. The number of hydrogen-bond acceptors (Lipinski definition) is 6. The Hall–Kier alpha value is -5.22. The number of hydrogen-bond donors (Lipinski definition) is 1. The second-order valence-corrected chi connectivity index (χ2v) is 10.5. The highest BCUT2D eigenvalue weighted by Gasteiger charge is 2.31. The average Bonchev–Trinajstić information content (AvgIpc) is 3.64. The summed E-state index contributed by atoms with van der Waals surface area (Å²) in [5.74, 6) is -0.571. The summed E-state index contributed by atoms with van der Waals surface area (Å²) < 4.78 is 44.5. The molecule has 224 valence electrons. The number of aromatic nitrogens is 4. The lowest BCUT2D eigenvalue weighted by atomic mass is 9.99. The maximum Gasteiger partial charge on any atom is 0.573 e. The lowest BCUT2D eigenvalue weighted by Gasteiger charge is -2.11. The molecule has 9 nitrogen and oxygen atoms in total. The van der Waals surface area contributed by atoms with Crippen LogP contribution in [0.15, 0.2) is 89.5 Å². The molecule has 2 aromatic heterocycles. The van der Waals surface area contributed by atoms with E-state index < -0.39 is 18.3 Å². The van der Waals surface area contributed by atoms with Crippen molar-refractivity contribution in [3.05, 3.63) is 106 Å². The molecule has 2 heterocycles. The van der Waals surface area contributed by atoms with Gasteiger partial charge in [-0.3, -0.25) is 4.57 Å². The minimum atomic E-state index is -4.77. The van der Waals surface area contributed by atoms with E-state index in [1.54, 1.807) is 24.3 Å². The van der Waals surface area contributed by atoms with Gasteiger partial charge in [-0.2, -0.15) is 10.3 Å². The van der Waals surface area contributed by atoms with Gasteiger partial charge in [0.05, 0.1) is 23.4 Å². The normalized spacial score (nSPS) is 12.5. The molecular weight excluding hydrogens is 591 g/mol. The van der Waals surface area contributed by atoms with Crippen LogP contribution in [0.2, 0.25) is 0 Å². The molecule has 0 fully saturated rings. The van der Waals surface area contributed by atoms with E-state index in [1.807, 2.05) is 41.1 Å². The summed E-state index contributed by atoms with van der Waals surface area (Å²) in [6.07, 6.45) is -2.49. The fourth-order valence-electron chi connectivity index (χ4n) is 4.53. The fourth-order valence-corrected chi connectivity index (χ4v) is 5.39. The van der Waals surface area contributed by atoms with Crippen LogP contribution in [-0.4, -0.2) is 38.3 Å². The van der Waals surface area contributed by atoms with E-state index in [-0.39, 0.29) is 12.3 Å². The zero-order valence-corrected chi connectivity index (χ0v) is 24.4. The van der Waals surface area contributed by atoms with Crippen molar-refractivity contribution in [2.24, 2.45) is 4.99 Å². The Balaban J connectivity index is 1.25. The summed E-state index contributed by atoms with van der Waals surface area (Å²) >= 11 is 1.37. The molecule has 5 aromatic rings. The molecule has 5 rings (SSSR count). The minimum absolute atomic E-state index is 0.0645. The number of carbonyl (C=O) groups excluding carboxylic acids is 1.